The van der Waals surface area contributed by atoms with E-state index in [1.165, 1.54) is 0 Å². The average Bonchev–Trinajstić information content (AvgIpc) is 2.97. The van der Waals surface area contributed by atoms with Crippen LogP contribution in [0.5, 0.6) is 0 Å². The minimum Gasteiger partial charge on any atom is -0.326 e. The summed E-state index contributed by atoms with van der Waals surface area (Å²) < 4.78 is 8.48. The van der Waals surface area contributed by atoms with E-state index in [-0.39, 0.29) is 0 Å². The van der Waals surface area contributed by atoms with Gasteiger partial charge < -0.3 is 5.73 Å². The van der Waals surface area contributed by atoms with Crippen molar-refractivity contribution in [3.8, 4) is 10.4 Å². The van der Waals surface area contributed by atoms with E-state index in [2.05, 4.69) is 8.75 Å². The van der Waals surface area contributed by atoms with Crippen LogP contribution in [0.2, 0.25) is 10.0 Å². The number of aromatic nitrogens is 2. The molecule has 2 heterocycles. The lowest BCUT2D eigenvalue weighted by Gasteiger charge is -2.03. The van der Waals surface area contributed by atoms with Crippen molar-refractivity contribution < 1.29 is 0 Å². The Kier molecular flexibility index (Phi) is 3.25. The Morgan fingerprint density at radius 3 is 2.61 bits per heavy atom. The standard InChI is InChI=1S/C11H7Cl2N3S2/c12-6-3-7(13)10-11(16-18-15-10)9(6)8-2-1-5(4-14)17-8/h1-3H,4,14H2. The highest BCUT2D eigenvalue weighted by atomic mass is 35.5. The second-order valence-electron chi connectivity index (χ2n) is 3.65. The zero-order valence-electron chi connectivity index (χ0n) is 8.98. The zero-order chi connectivity index (χ0) is 12.7. The third kappa shape index (κ3) is 1.92. The Bertz CT molecular complexity index is 720. The highest BCUT2D eigenvalue weighted by molar-refractivity contribution is 7.15. The number of hydrogen-bond donors (Lipinski definition) is 1. The summed E-state index contributed by atoms with van der Waals surface area (Å²) in [7, 11) is 0. The van der Waals surface area contributed by atoms with Crippen LogP contribution >= 0.6 is 46.3 Å². The molecule has 0 spiro atoms. The molecule has 2 aromatic heterocycles. The highest BCUT2D eigenvalue weighted by Crippen LogP contribution is 2.40. The van der Waals surface area contributed by atoms with Crippen LogP contribution < -0.4 is 5.73 Å². The van der Waals surface area contributed by atoms with Gasteiger partial charge in [0.1, 0.15) is 11.0 Å². The first-order chi connectivity index (χ1) is 8.70. The van der Waals surface area contributed by atoms with Crippen molar-refractivity contribution in [3.05, 3.63) is 33.1 Å². The molecule has 0 unspecified atom stereocenters. The first kappa shape index (κ1) is 12.3. The van der Waals surface area contributed by atoms with Crippen LogP contribution in [0.15, 0.2) is 18.2 Å². The Hall–Kier alpha value is -0.720. The molecule has 3 aromatic rings. The lowest BCUT2D eigenvalue weighted by Crippen LogP contribution is -1.91. The predicted octanol–water partition coefficient (Wildman–Crippen LogP) is 4.19. The van der Waals surface area contributed by atoms with Crippen molar-refractivity contribution >= 4 is 57.3 Å². The zero-order valence-corrected chi connectivity index (χ0v) is 12.1. The summed E-state index contributed by atoms with van der Waals surface area (Å²) in [6, 6.07) is 5.71. The van der Waals surface area contributed by atoms with E-state index in [0.29, 0.717) is 22.1 Å². The summed E-state index contributed by atoms with van der Waals surface area (Å²) in [5, 5.41) is 1.12. The molecule has 0 bridgehead atoms. The summed E-state index contributed by atoms with van der Waals surface area (Å²) in [6.07, 6.45) is 0. The molecule has 3 rings (SSSR count). The van der Waals surface area contributed by atoms with Crippen LogP contribution in [0.1, 0.15) is 4.88 Å². The van der Waals surface area contributed by atoms with E-state index in [1.54, 1.807) is 17.4 Å². The third-order valence-corrected chi connectivity index (χ3v) is 4.79. The number of nitrogens with zero attached hydrogens (tertiary/aromatic N) is 2. The molecule has 0 aliphatic heterocycles. The van der Waals surface area contributed by atoms with Crippen LogP contribution in [0.25, 0.3) is 21.5 Å². The maximum atomic E-state index is 6.28. The first-order valence-corrected chi connectivity index (χ1v) is 7.40. The fourth-order valence-corrected chi connectivity index (χ4v) is 3.95. The molecule has 0 fully saturated rings. The minimum atomic E-state index is 0.522. The second kappa shape index (κ2) is 4.75. The predicted molar refractivity (Wildman–Crippen MR) is 78.6 cm³/mol. The highest BCUT2D eigenvalue weighted by Gasteiger charge is 2.16. The quantitative estimate of drug-likeness (QED) is 0.771. The molecule has 0 aliphatic carbocycles. The maximum Gasteiger partial charge on any atom is 0.124 e. The molecule has 92 valence electrons. The maximum absolute atomic E-state index is 6.28. The molecule has 0 amide bonds. The summed E-state index contributed by atoms with van der Waals surface area (Å²) >= 11 is 15.1. The molecule has 0 saturated carbocycles. The van der Waals surface area contributed by atoms with E-state index in [1.807, 2.05) is 12.1 Å². The molecule has 18 heavy (non-hydrogen) atoms. The van der Waals surface area contributed by atoms with Crippen molar-refractivity contribution in [2.45, 2.75) is 6.54 Å². The van der Waals surface area contributed by atoms with Crippen molar-refractivity contribution in [2.75, 3.05) is 0 Å². The normalized spacial score (nSPS) is 11.3. The van der Waals surface area contributed by atoms with Crippen LogP contribution in [0, 0.1) is 0 Å². The van der Waals surface area contributed by atoms with E-state index >= 15 is 0 Å². The molecule has 0 atom stereocenters. The van der Waals surface area contributed by atoms with E-state index in [4.69, 9.17) is 28.9 Å². The van der Waals surface area contributed by atoms with Gasteiger partial charge in [-0.05, 0) is 18.2 Å². The summed E-state index contributed by atoms with van der Waals surface area (Å²) in [4.78, 5) is 2.14. The second-order valence-corrected chi connectivity index (χ2v) is 6.16. The number of thiophene rings is 1. The van der Waals surface area contributed by atoms with Gasteiger partial charge in [0.15, 0.2) is 0 Å². The average molecular weight is 316 g/mol. The third-order valence-electron chi connectivity index (χ3n) is 2.55. The molecule has 0 radical (unpaired) electrons. The summed E-state index contributed by atoms with van der Waals surface area (Å²) in [5.74, 6) is 0. The van der Waals surface area contributed by atoms with Gasteiger partial charge in [-0.3, -0.25) is 0 Å². The molecule has 1 aromatic carbocycles. The number of nitrogens with two attached hydrogens (primary N) is 1. The Morgan fingerprint density at radius 2 is 1.89 bits per heavy atom. The number of hydrogen-bond acceptors (Lipinski definition) is 5. The minimum absolute atomic E-state index is 0.522. The SMILES string of the molecule is NCc1ccc(-c2c(Cl)cc(Cl)c3nsnc23)s1. The molecule has 0 saturated heterocycles. The smallest absolute Gasteiger partial charge is 0.124 e. The number of benzene rings is 1. The van der Waals surface area contributed by atoms with Crippen LogP contribution in [0.4, 0.5) is 0 Å². The van der Waals surface area contributed by atoms with Crippen molar-refractivity contribution in [1.82, 2.24) is 8.75 Å². The lowest BCUT2D eigenvalue weighted by atomic mass is 10.1. The number of fused-ring (bicyclic) bond motifs is 1. The Balaban J connectivity index is 2.30. The van der Waals surface area contributed by atoms with Gasteiger partial charge in [0.25, 0.3) is 0 Å². The fourth-order valence-electron chi connectivity index (χ4n) is 1.73. The van der Waals surface area contributed by atoms with Gasteiger partial charge in [-0.1, -0.05) is 23.2 Å². The Morgan fingerprint density at radius 1 is 1.11 bits per heavy atom. The fraction of sp³-hybridized carbons (Fsp3) is 0.0909. The van der Waals surface area contributed by atoms with E-state index in [9.17, 15) is 0 Å². The summed E-state index contributed by atoms with van der Waals surface area (Å²) in [5.41, 5.74) is 7.96. The summed E-state index contributed by atoms with van der Waals surface area (Å²) in [6.45, 7) is 0.522. The monoisotopic (exact) mass is 315 g/mol. The first-order valence-electron chi connectivity index (χ1n) is 5.10. The van der Waals surface area contributed by atoms with Gasteiger partial charge in [-0.15, -0.1) is 11.3 Å². The van der Waals surface area contributed by atoms with Gasteiger partial charge in [-0.2, -0.15) is 8.75 Å². The van der Waals surface area contributed by atoms with Crippen LogP contribution in [0.3, 0.4) is 0 Å². The molecular formula is C11H7Cl2N3S2. The van der Waals surface area contributed by atoms with Crippen LogP contribution in [-0.4, -0.2) is 8.75 Å². The van der Waals surface area contributed by atoms with E-state index < -0.39 is 0 Å². The topological polar surface area (TPSA) is 51.8 Å². The van der Waals surface area contributed by atoms with E-state index in [0.717, 1.165) is 32.6 Å². The number of halogens is 2. The van der Waals surface area contributed by atoms with Gasteiger partial charge in [0.05, 0.1) is 21.8 Å². The van der Waals surface area contributed by atoms with Gasteiger partial charge in [0, 0.05) is 21.9 Å². The Labute approximate surface area is 121 Å². The largest absolute Gasteiger partial charge is 0.326 e. The van der Waals surface area contributed by atoms with Crippen LogP contribution in [-0.2, 0) is 6.54 Å². The molecule has 3 nitrogen and oxygen atoms in total. The van der Waals surface area contributed by atoms with Gasteiger partial charge in [0.2, 0.25) is 0 Å². The molecular weight excluding hydrogens is 309 g/mol. The van der Waals surface area contributed by atoms with Gasteiger partial charge >= 0.3 is 0 Å². The van der Waals surface area contributed by atoms with Gasteiger partial charge in [-0.25, -0.2) is 0 Å². The van der Waals surface area contributed by atoms with Crippen molar-refractivity contribution in [3.63, 3.8) is 0 Å². The number of rotatable bonds is 2. The lowest BCUT2D eigenvalue weighted by molar-refractivity contribution is 1.11. The molecule has 2 N–H and O–H groups in total. The molecule has 7 heteroatoms. The van der Waals surface area contributed by atoms with Crippen molar-refractivity contribution in [2.24, 2.45) is 5.73 Å². The van der Waals surface area contributed by atoms with Crippen molar-refractivity contribution in [1.29, 1.82) is 0 Å². The molecule has 0 aliphatic rings.